The first-order valence-electron chi connectivity index (χ1n) is 10.6. The lowest BCUT2D eigenvalue weighted by atomic mass is 10.2. The lowest BCUT2D eigenvalue weighted by Gasteiger charge is -2.11. The zero-order valence-electron chi connectivity index (χ0n) is 18.4. The third-order valence-corrected chi connectivity index (χ3v) is 6.19. The summed E-state index contributed by atoms with van der Waals surface area (Å²) in [7, 11) is 1.63. The predicted molar refractivity (Wildman–Crippen MR) is 128 cm³/mol. The number of fused-ring (bicyclic) bond motifs is 1. The Balaban J connectivity index is 1.33. The molecular formula is C25H22N4O4S. The lowest BCUT2D eigenvalue weighted by molar-refractivity contribution is -0.118. The SMILES string of the molecule is COc1ccc(CNC(=O)CSc2nnc(-c3ccc4c(c3)OCO4)n2-c2ccccc2)cc1. The van der Waals surface area contributed by atoms with Gasteiger partial charge in [-0.25, -0.2) is 0 Å². The highest BCUT2D eigenvalue weighted by atomic mass is 32.2. The number of amides is 1. The fourth-order valence-corrected chi connectivity index (χ4v) is 4.30. The molecule has 4 aromatic rings. The van der Waals surface area contributed by atoms with Crippen LogP contribution in [-0.2, 0) is 11.3 Å². The van der Waals surface area contributed by atoms with E-state index in [0.717, 1.165) is 22.6 Å². The van der Waals surface area contributed by atoms with Crippen molar-refractivity contribution in [3.8, 4) is 34.3 Å². The monoisotopic (exact) mass is 474 g/mol. The molecule has 0 saturated carbocycles. The first-order chi connectivity index (χ1) is 16.7. The molecule has 3 aromatic carbocycles. The Bertz CT molecular complexity index is 1290. The molecule has 1 N–H and O–H groups in total. The Kier molecular flexibility index (Phi) is 6.35. The molecular weight excluding hydrogens is 452 g/mol. The van der Waals surface area contributed by atoms with Crippen LogP contribution in [0.5, 0.6) is 17.2 Å². The second kappa shape index (κ2) is 9.88. The summed E-state index contributed by atoms with van der Waals surface area (Å²) >= 11 is 1.33. The number of nitrogens with zero attached hydrogens (tertiary/aromatic N) is 3. The first kappa shape index (κ1) is 21.8. The van der Waals surface area contributed by atoms with E-state index in [2.05, 4.69) is 15.5 Å². The number of benzene rings is 3. The van der Waals surface area contributed by atoms with Crippen molar-refractivity contribution in [1.29, 1.82) is 0 Å². The average Bonchev–Trinajstić information content (AvgIpc) is 3.53. The molecule has 0 radical (unpaired) electrons. The molecule has 0 fully saturated rings. The smallest absolute Gasteiger partial charge is 0.231 e. The van der Waals surface area contributed by atoms with E-state index in [9.17, 15) is 4.79 Å². The van der Waals surface area contributed by atoms with Gasteiger partial charge in [-0.15, -0.1) is 10.2 Å². The van der Waals surface area contributed by atoms with E-state index in [1.165, 1.54) is 11.8 Å². The molecule has 0 saturated heterocycles. The van der Waals surface area contributed by atoms with E-state index in [1.807, 2.05) is 77.4 Å². The number of thioether (sulfide) groups is 1. The fourth-order valence-electron chi connectivity index (χ4n) is 3.52. The number of hydrogen-bond donors (Lipinski definition) is 1. The number of hydrogen-bond acceptors (Lipinski definition) is 7. The molecule has 0 spiro atoms. The van der Waals surface area contributed by atoms with Crippen molar-refractivity contribution in [2.75, 3.05) is 19.7 Å². The van der Waals surface area contributed by atoms with Gasteiger partial charge in [0, 0.05) is 17.8 Å². The second-order valence-electron chi connectivity index (χ2n) is 7.46. The Hall–Kier alpha value is -3.98. The van der Waals surface area contributed by atoms with Gasteiger partial charge in [-0.2, -0.15) is 0 Å². The Morgan fingerprint density at radius 1 is 1.03 bits per heavy atom. The van der Waals surface area contributed by atoms with Crippen molar-refractivity contribution in [3.63, 3.8) is 0 Å². The van der Waals surface area contributed by atoms with Gasteiger partial charge < -0.3 is 19.5 Å². The normalized spacial score (nSPS) is 11.9. The molecule has 0 atom stereocenters. The molecule has 8 nitrogen and oxygen atoms in total. The molecule has 1 aliphatic heterocycles. The molecule has 0 aliphatic carbocycles. The number of rotatable bonds is 8. The summed E-state index contributed by atoms with van der Waals surface area (Å²) in [5.41, 5.74) is 2.74. The van der Waals surface area contributed by atoms with Gasteiger partial charge in [-0.1, -0.05) is 42.1 Å². The summed E-state index contributed by atoms with van der Waals surface area (Å²) in [6, 6.07) is 23.1. The molecule has 2 heterocycles. The van der Waals surface area contributed by atoms with E-state index < -0.39 is 0 Å². The number of nitrogens with one attached hydrogen (secondary N) is 1. The maximum Gasteiger partial charge on any atom is 0.231 e. The Morgan fingerprint density at radius 3 is 2.62 bits per heavy atom. The fraction of sp³-hybridized carbons (Fsp3) is 0.160. The Morgan fingerprint density at radius 2 is 1.82 bits per heavy atom. The lowest BCUT2D eigenvalue weighted by Crippen LogP contribution is -2.24. The van der Waals surface area contributed by atoms with Crippen LogP contribution in [0.15, 0.2) is 78.0 Å². The van der Waals surface area contributed by atoms with Gasteiger partial charge in [-0.3, -0.25) is 9.36 Å². The van der Waals surface area contributed by atoms with Crippen LogP contribution in [-0.4, -0.2) is 40.3 Å². The second-order valence-corrected chi connectivity index (χ2v) is 8.40. The van der Waals surface area contributed by atoms with Crippen LogP contribution in [0.2, 0.25) is 0 Å². The quantitative estimate of drug-likeness (QED) is 0.385. The topological polar surface area (TPSA) is 87.5 Å². The summed E-state index contributed by atoms with van der Waals surface area (Å²) in [5.74, 6) is 2.94. The van der Waals surface area contributed by atoms with Gasteiger partial charge in [0.15, 0.2) is 22.5 Å². The maximum absolute atomic E-state index is 12.5. The highest BCUT2D eigenvalue weighted by molar-refractivity contribution is 7.99. The predicted octanol–water partition coefficient (Wildman–Crippen LogP) is 4.08. The molecule has 172 valence electrons. The van der Waals surface area contributed by atoms with E-state index >= 15 is 0 Å². The van der Waals surface area contributed by atoms with Crippen molar-refractivity contribution in [2.24, 2.45) is 0 Å². The molecule has 0 bridgehead atoms. The number of ether oxygens (including phenoxy) is 3. The minimum atomic E-state index is -0.0898. The molecule has 9 heteroatoms. The minimum absolute atomic E-state index is 0.0898. The molecule has 34 heavy (non-hydrogen) atoms. The first-order valence-corrected chi connectivity index (χ1v) is 11.6. The number of carbonyl (C=O) groups excluding carboxylic acids is 1. The Labute approximate surface area is 200 Å². The van der Waals surface area contributed by atoms with Crippen LogP contribution in [0.4, 0.5) is 0 Å². The third kappa shape index (κ3) is 4.69. The van der Waals surface area contributed by atoms with Crippen LogP contribution >= 0.6 is 11.8 Å². The van der Waals surface area contributed by atoms with Crippen molar-refractivity contribution in [3.05, 3.63) is 78.4 Å². The summed E-state index contributed by atoms with van der Waals surface area (Å²) in [6.45, 7) is 0.647. The van der Waals surface area contributed by atoms with Crippen molar-refractivity contribution in [2.45, 2.75) is 11.7 Å². The van der Waals surface area contributed by atoms with Gasteiger partial charge in [-0.05, 0) is 48.0 Å². The highest BCUT2D eigenvalue weighted by Gasteiger charge is 2.20. The maximum atomic E-state index is 12.5. The van der Waals surface area contributed by atoms with E-state index in [0.29, 0.717) is 29.0 Å². The number of aromatic nitrogens is 3. The molecule has 5 rings (SSSR count). The van der Waals surface area contributed by atoms with Gasteiger partial charge in [0.25, 0.3) is 0 Å². The molecule has 0 unspecified atom stereocenters. The summed E-state index contributed by atoms with van der Waals surface area (Å²) in [5, 5.41) is 12.4. The number of carbonyl (C=O) groups is 1. The minimum Gasteiger partial charge on any atom is -0.497 e. The van der Waals surface area contributed by atoms with Crippen LogP contribution in [0.25, 0.3) is 17.1 Å². The van der Waals surface area contributed by atoms with Gasteiger partial charge in [0.1, 0.15) is 5.75 Å². The zero-order valence-corrected chi connectivity index (χ0v) is 19.2. The number of methoxy groups -OCH3 is 1. The van der Waals surface area contributed by atoms with Crippen LogP contribution < -0.4 is 19.5 Å². The van der Waals surface area contributed by atoms with Gasteiger partial charge in [0.05, 0.1) is 12.9 Å². The van der Waals surface area contributed by atoms with Crippen LogP contribution in [0.1, 0.15) is 5.56 Å². The largest absolute Gasteiger partial charge is 0.497 e. The molecule has 1 amide bonds. The summed E-state index contributed by atoms with van der Waals surface area (Å²) in [4.78, 5) is 12.5. The van der Waals surface area contributed by atoms with Crippen molar-refractivity contribution in [1.82, 2.24) is 20.1 Å². The average molecular weight is 475 g/mol. The summed E-state index contributed by atoms with van der Waals surface area (Å²) < 4.78 is 18.1. The summed E-state index contributed by atoms with van der Waals surface area (Å²) in [6.07, 6.45) is 0. The molecule has 1 aromatic heterocycles. The number of para-hydroxylation sites is 1. The van der Waals surface area contributed by atoms with Gasteiger partial charge in [0.2, 0.25) is 12.7 Å². The van der Waals surface area contributed by atoms with E-state index in [4.69, 9.17) is 14.2 Å². The van der Waals surface area contributed by atoms with Gasteiger partial charge >= 0.3 is 0 Å². The van der Waals surface area contributed by atoms with Crippen molar-refractivity contribution < 1.29 is 19.0 Å². The highest BCUT2D eigenvalue weighted by Crippen LogP contribution is 2.37. The van der Waals surface area contributed by atoms with E-state index in [-0.39, 0.29) is 18.5 Å². The van der Waals surface area contributed by atoms with Crippen LogP contribution in [0.3, 0.4) is 0 Å². The van der Waals surface area contributed by atoms with Crippen LogP contribution in [0, 0.1) is 0 Å². The standard InChI is InChI=1S/C25H22N4O4S/c1-31-20-10-7-17(8-11-20)14-26-23(30)15-34-25-28-27-24(29(25)19-5-3-2-4-6-19)18-9-12-21-22(13-18)33-16-32-21/h2-13H,14-16H2,1H3,(H,26,30). The third-order valence-electron chi connectivity index (χ3n) is 5.26. The molecule has 1 aliphatic rings. The zero-order chi connectivity index (χ0) is 23.3. The van der Waals surface area contributed by atoms with Crippen molar-refractivity contribution >= 4 is 17.7 Å². The van der Waals surface area contributed by atoms with E-state index in [1.54, 1.807) is 7.11 Å².